The van der Waals surface area contributed by atoms with Crippen LogP contribution in [0.2, 0.25) is 10.0 Å². The third-order valence-corrected chi connectivity index (χ3v) is 7.98. The highest BCUT2D eigenvalue weighted by molar-refractivity contribution is 6.31. The molecule has 1 heterocycles. The van der Waals surface area contributed by atoms with Crippen LogP contribution in [0.1, 0.15) is 17.5 Å². The number of rotatable bonds is 8. The molecule has 0 radical (unpaired) electrons. The van der Waals surface area contributed by atoms with Crippen LogP contribution in [-0.2, 0) is 12.8 Å². The van der Waals surface area contributed by atoms with Crippen molar-refractivity contribution in [3.8, 4) is 5.75 Å². The zero-order valence-corrected chi connectivity index (χ0v) is 22.6. The van der Waals surface area contributed by atoms with Gasteiger partial charge in [-0.2, -0.15) is 0 Å². The van der Waals surface area contributed by atoms with E-state index in [2.05, 4.69) is 10.6 Å². The summed E-state index contributed by atoms with van der Waals surface area (Å²) in [5.74, 6) is 0.584. The number of piperidine rings is 1. The lowest BCUT2D eigenvalue weighted by molar-refractivity contribution is -0.000107. The molecule has 3 aromatic carbocycles. The van der Waals surface area contributed by atoms with Crippen molar-refractivity contribution in [3.63, 3.8) is 0 Å². The second kappa shape index (κ2) is 12.4. The normalized spacial score (nSPS) is 19.0. The topological polar surface area (TPSA) is 90.9 Å². The van der Waals surface area contributed by atoms with Gasteiger partial charge < -0.3 is 25.4 Å². The van der Waals surface area contributed by atoms with Gasteiger partial charge in [-0.15, -0.1) is 0 Å². The number of carboxylic acid groups (broad SMARTS) is 1. The number of likely N-dealkylation sites (tertiary alicyclic amines) is 1. The molecule has 7 nitrogen and oxygen atoms in total. The summed E-state index contributed by atoms with van der Waals surface area (Å²) < 4.78 is 6.37. The van der Waals surface area contributed by atoms with Crippen LogP contribution in [0.15, 0.2) is 72.8 Å². The number of anilines is 1. The molecule has 1 aliphatic rings. The van der Waals surface area contributed by atoms with Crippen molar-refractivity contribution in [2.24, 2.45) is 11.3 Å². The number of ether oxygens (including phenoxy) is 1. The third-order valence-electron chi connectivity index (χ3n) is 7.25. The average molecular weight is 556 g/mol. The number of amides is 3. The lowest BCUT2D eigenvalue weighted by Gasteiger charge is -2.47. The Kier molecular flexibility index (Phi) is 9.02. The summed E-state index contributed by atoms with van der Waals surface area (Å²) in [5, 5.41) is 16.4. The Labute approximate surface area is 232 Å². The van der Waals surface area contributed by atoms with Crippen LogP contribution in [0.3, 0.4) is 0 Å². The average Bonchev–Trinajstić information content (AvgIpc) is 2.91. The van der Waals surface area contributed by atoms with Crippen LogP contribution >= 0.6 is 23.2 Å². The van der Waals surface area contributed by atoms with E-state index in [0.717, 1.165) is 11.1 Å². The van der Waals surface area contributed by atoms with Crippen LogP contribution < -0.4 is 15.4 Å². The second-order valence-corrected chi connectivity index (χ2v) is 10.4. The number of benzene rings is 3. The van der Waals surface area contributed by atoms with E-state index in [0.29, 0.717) is 60.4 Å². The Morgan fingerprint density at radius 3 is 2.24 bits per heavy atom. The Balaban J connectivity index is 1.65. The van der Waals surface area contributed by atoms with Crippen LogP contribution in [0.4, 0.5) is 15.3 Å². The first-order valence-corrected chi connectivity index (χ1v) is 13.2. The van der Waals surface area contributed by atoms with Gasteiger partial charge in [-0.05, 0) is 72.7 Å². The van der Waals surface area contributed by atoms with E-state index >= 15 is 0 Å². The fourth-order valence-electron chi connectivity index (χ4n) is 5.05. The molecular formula is C29H31Cl2N3O4. The fourth-order valence-corrected chi connectivity index (χ4v) is 5.46. The number of carbonyl (C=O) groups excluding carboxylic acids is 1. The Hall–Kier alpha value is -3.42. The number of nitrogens with one attached hydrogen (secondary N) is 2. The van der Waals surface area contributed by atoms with Crippen molar-refractivity contribution in [3.05, 3.63) is 94.0 Å². The molecule has 2 atom stereocenters. The molecule has 3 amide bonds. The molecule has 0 aromatic heterocycles. The molecule has 3 aromatic rings. The maximum absolute atomic E-state index is 12.0. The first-order valence-electron chi connectivity index (χ1n) is 12.5. The van der Waals surface area contributed by atoms with E-state index < -0.39 is 11.5 Å². The third kappa shape index (κ3) is 6.71. The molecule has 200 valence electrons. The molecule has 9 heteroatoms. The SMILES string of the molecule is CNC(=O)Nc1ccc(OCC2(Cc3ccccc3Cl)CCN(C(=O)O)CC2Cc2ccccc2Cl)cc1. The van der Waals surface area contributed by atoms with E-state index in [9.17, 15) is 14.7 Å². The van der Waals surface area contributed by atoms with Crippen molar-refractivity contribution in [2.75, 3.05) is 32.1 Å². The highest BCUT2D eigenvalue weighted by atomic mass is 35.5. The second-order valence-electron chi connectivity index (χ2n) is 9.62. The highest BCUT2D eigenvalue weighted by Gasteiger charge is 2.45. The van der Waals surface area contributed by atoms with Gasteiger partial charge in [0.05, 0.1) is 6.61 Å². The summed E-state index contributed by atoms with van der Waals surface area (Å²) >= 11 is 13.1. The van der Waals surface area contributed by atoms with Crippen LogP contribution in [0.25, 0.3) is 0 Å². The van der Waals surface area contributed by atoms with Crippen molar-refractivity contribution < 1.29 is 19.4 Å². The highest BCUT2D eigenvalue weighted by Crippen LogP contribution is 2.44. The van der Waals surface area contributed by atoms with Crippen molar-refractivity contribution in [2.45, 2.75) is 19.3 Å². The molecular weight excluding hydrogens is 525 g/mol. The monoisotopic (exact) mass is 555 g/mol. The molecule has 0 spiro atoms. The van der Waals surface area contributed by atoms with Gasteiger partial charge in [0.25, 0.3) is 0 Å². The van der Waals surface area contributed by atoms with Crippen molar-refractivity contribution in [1.82, 2.24) is 10.2 Å². The minimum absolute atomic E-state index is 0.0716. The number of halogens is 2. The standard InChI is InChI=1S/C29H31Cl2N3O4/c1-32-27(35)33-23-10-12-24(13-11-23)38-19-29(17-21-7-3-5-9-26(21)31)14-15-34(28(36)37)18-22(29)16-20-6-2-4-8-25(20)30/h2-13,22H,14-19H2,1H3,(H,36,37)(H2,32,33,35). The maximum Gasteiger partial charge on any atom is 0.407 e. The maximum atomic E-state index is 12.0. The minimum Gasteiger partial charge on any atom is -0.493 e. The Bertz CT molecular complexity index is 1270. The predicted molar refractivity (Wildman–Crippen MR) is 150 cm³/mol. The molecule has 1 aliphatic heterocycles. The molecule has 0 aliphatic carbocycles. The van der Waals surface area contributed by atoms with Gasteiger partial charge in [0.15, 0.2) is 0 Å². The number of carbonyl (C=O) groups is 2. The zero-order valence-electron chi connectivity index (χ0n) is 21.1. The van der Waals surface area contributed by atoms with Gasteiger partial charge in [-0.1, -0.05) is 59.6 Å². The molecule has 4 rings (SSSR count). The van der Waals surface area contributed by atoms with Crippen LogP contribution in [0, 0.1) is 11.3 Å². The molecule has 1 fully saturated rings. The summed E-state index contributed by atoms with van der Waals surface area (Å²) in [4.78, 5) is 25.0. The fraction of sp³-hybridized carbons (Fsp3) is 0.310. The van der Waals surface area contributed by atoms with Gasteiger partial charge >= 0.3 is 12.1 Å². The quantitative estimate of drug-likeness (QED) is 0.292. The van der Waals surface area contributed by atoms with E-state index in [1.165, 1.54) is 4.90 Å². The van der Waals surface area contributed by atoms with Crippen LogP contribution in [0.5, 0.6) is 5.75 Å². The molecule has 1 saturated heterocycles. The first-order chi connectivity index (χ1) is 18.3. The number of urea groups is 1. The summed E-state index contributed by atoms with van der Waals surface area (Å²) in [5.41, 5.74) is 2.21. The first kappa shape index (κ1) is 27.6. The van der Waals surface area contributed by atoms with Gasteiger partial charge in [0, 0.05) is 41.3 Å². The number of nitrogens with zero attached hydrogens (tertiary/aromatic N) is 1. The van der Waals surface area contributed by atoms with Gasteiger partial charge in [-0.3, -0.25) is 0 Å². The van der Waals surface area contributed by atoms with Gasteiger partial charge in [0.2, 0.25) is 0 Å². The summed E-state index contributed by atoms with van der Waals surface area (Å²) in [6.07, 6.45) is 0.911. The minimum atomic E-state index is -0.930. The van der Waals surface area contributed by atoms with Gasteiger partial charge in [0.1, 0.15) is 5.75 Å². The lowest BCUT2D eigenvalue weighted by Crippen LogP contribution is -2.53. The summed E-state index contributed by atoms with van der Waals surface area (Å²) in [7, 11) is 1.56. The lowest BCUT2D eigenvalue weighted by atomic mass is 9.65. The summed E-state index contributed by atoms with van der Waals surface area (Å²) in [6, 6.07) is 22.3. The van der Waals surface area contributed by atoms with Crippen LogP contribution in [-0.4, -0.2) is 48.9 Å². The van der Waals surface area contributed by atoms with Crippen molar-refractivity contribution in [1.29, 1.82) is 0 Å². The van der Waals surface area contributed by atoms with E-state index in [-0.39, 0.29) is 11.9 Å². The largest absolute Gasteiger partial charge is 0.493 e. The van der Waals surface area contributed by atoms with E-state index in [1.807, 2.05) is 60.7 Å². The molecule has 0 saturated carbocycles. The Morgan fingerprint density at radius 2 is 1.63 bits per heavy atom. The predicted octanol–water partition coefficient (Wildman–Crippen LogP) is 6.60. The number of hydrogen-bond acceptors (Lipinski definition) is 3. The van der Waals surface area contributed by atoms with E-state index in [4.69, 9.17) is 27.9 Å². The van der Waals surface area contributed by atoms with Crippen molar-refractivity contribution >= 4 is 41.0 Å². The Morgan fingerprint density at radius 1 is 1.00 bits per heavy atom. The molecule has 3 N–H and O–H groups in total. The van der Waals surface area contributed by atoms with Gasteiger partial charge in [-0.25, -0.2) is 9.59 Å². The summed E-state index contributed by atoms with van der Waals surface area (Å²) in [6.45, 7) is 1.13. The van der Waals surface area contributed by atoms with E-state index in [1.54, 1.807) is 19.2 Å². The zero-order chi connectivity index (χ0) is 27.1. The molecule has 38 heavy (non-hydrogen) atoms. The number of hydrogen-bond donors (Lipinski definition) is 3. The molecule has 2 unspecified atom stereocenters. The molecule has 0 bridgehead atoms. The smallest absolute Gasteiger partial charge is 0.407 e.